The van der Waals surface area contributed by atoms with Gasteiger partial charge in [-0.15, -0.1) is 0 Å². The van der Waals surface area contributed by atoms with E-state index in [2.05, 4.69) is 0 Å². The van der Waals surface area contributed by atoms with Crippen LogP contribution >= 0.6 is 0 Å². The molecule has 0 fully saturated rings. The molecule has 14 heavy (non-hydrogen) atoms. The third-order valence-corrected chi connectivity index (χ3v) is 1.85. The van der Waals surface area contributed by atoms with E-state index < -0.39 is 6.10 Å². The first-order chi connectivity index (χ1) is 6.60. The van der Waals surface area contributed by atoms with E-state index in [1.54, 1.807) is 6.92 Å². The Labute approximate surface area is 83.9 Å². The van der Waals surface area contributed by atoms with Crippen LogP contribution in [-0.2, 0) is 4.79 Å². The van der Waals surface area contributed by atoms with Gasteiger partial charge >= 0.3 is 0 Å². The van der Waals surface area contributed by atoms with Crippen molar-refractivity contribution in [3.05, 3.63) is 11.6 Å². The van der Waals surface area contributed by atoms with Crippen molar-refractivity contribution >= 4 is 5.78 Å². The zero-order chi connectivity index (χ0) is 11.0. The first-order valence-electron chi connectivity index (χ1n) is 4.69. The second-order valence-corrected chi connectivity index (χ2v) is 3.31. The SMILES string of the molecule is CC(O)CCC(=O)CC(=CCO)CO. The molecule has 0 bridgehead atoms. The minimum atomic E-state index is -0.474. The van der Waals surface area contributed by atoms with Crippen LogP contribution in [0.5, 0.6) is 0 Å². The summed E-state index contributed by atoms with van der Waals surface area (Å²) in [6, 6.07) is 0. The van der Waals surface area contributed by atoms with Crippen molar-refractivity contribution in [2.24, 2.45) is 0 Å². The summed E-state index contributed by atoms with van der Waals surface area (Å²) in [4.78, 5) is 11.2. The largest absolute Gasteiger partial charge is 0.393 e. The third kappa shape index (κ3) is 6.77. The third-order valence-electron chi connectivity index (χ3n) is 1.85. The van der Waals surface area contributed by atoms with E-state index in [-0.39, 0.29) is 25.4 Å². The Balaban J connectivity index is 3.85. The first kappa shape index (κ1) is 13.3. The van der Waals surface area contributed by atoms with Crippen LogP contribution in [0, 0.1) is 0 Å². The van der Waals surface area contributed by atoms with E-state index in [1.807, 2.05) is 0 Å². The Morgan fingerprint density at radius 2 is 2.07 bits per heavy atom. The Hall–Kier alpha value is -0.710. The monoisotopic (exact) mass is 202 g/mol. The van der Waals surface area contributed by atoms with Gasteiger partial charge in [0.05, 0.1) is 19.3 Å². The van der Waals surface area contributed by atoms with Crippen molar-refractivity contribution in [3.8, 4) is 0 Å². The minimum Gasteiger partial charge on any atom is -0.393 e. The van der Waals surface area contributed by atoms with Crippen LogP contribution in [0.15, 0.2) is 11.6 Å². The maximum Gasteiger partial charge on any atom is 0.137 e. The molecule has 4 nitrogen and oxygen atoms in total. The lowest BCUT2D eigenvalue weighted by Gasteiger charge is -2.04. The summed E-state index contributed by atoms with van der Waals surface area (Å²) in [6.07, 6.45) is 1.86. The number of carbonyl (C=O) groups excluding carboxylic acids is 1. The molecule has 1 atom stereocenters. The number of aliphatic hydroxyl groups excluding tert-OH is 3. The lowest BCUT2D eigenvalue weighted by molar-refractivity contribution is -0.119. The van der Waals surface area contributed by atoms with Crippen LogP contribution in [0.1, 0.15) is 26.2 Å². The Morgan fingerprint density at radius 1 is 1.43 bits per heavy atom. The molecule has 82 valence electrons. The minimum absolute atomic E-state index is 0.0281. The van der Waals surface area contributed by atoms with E-state index in [4.69, 9.17) is 15.3 Å². The van der Waals surface area contributed by atoms with Crippen LogP contribution in [0.4, 0.5) is 0 Å². The maximum atomic E-state index is 11.2. The standard InChI is InChI=1S/C10H18O4/c1-8(13)2-3-10(14)6-9(7-12)4-5-11/h4,8,11-13H,2-3,5-7H2,1H3. The normalized spacial score (nSPS) is 14.1. The molecule has 0 amide bonds. The molecule has 1 unspecified atom stereocenters. The number of rotatable bonds is 7. The molecule has 0 rings (SSSR count). The highest BCUT2D eigenvalue weighted by molar-refractivity contribution is 5.80. The van der Waals surface area contributed by atoms with Gasteiger partial charge in [-0.3, -0.25) is 4.79 Å². The lowest BCUT2D eigenvalue weighted by Crippen LogP contribution is -2.07. The van der Waals surface area contributed by atoms with Crippen LogP contribution in [0.2, 0.25) is 0 Å². The van der Waals surface area contributed by atoms with Gasteiger partial charge in [0.25, 0.3) is 0 Å². The average molecular weight is 202 g/mol. The molecule has 0 radical (unpaired) electrons. The predicted octanol–water partition coefficient (Wildman–Crippen LogP) is 0.0176. The van der Waals surface area contributed by atoms with Gasteiger partial charge in [0.2, 0.25) is 0 Å². The fourth-order valence-electron chi connectivity index (χ4n) is 1.03. The molecule has 0 saturated carbocycles. The van der Waals surface area contributed by atoms with Gasteiger partial charge in [-0.2, -0.15) is 0 Å². The summed E-state index contributed by atoms with van der Waals surface area (Å²) in [5, 5.41) is 26.3. The molecule has 0 heterocycles. The Morgan fingerprint density at radius 3 is 2.50 bits per heavy atom. The zero-order valence-electron chi connectivity index (χ0n) is 8.44. The molecular formula is C10H18O4. The van der Waals surface area contributed by atoms with E-state index in [0.29, 0.717) is 18.4 Å². The highest BCUT2D eigenvalue weighted by atomic mass is 16.3. The van der Waals surface area contributed by atoms with Crippen LogP contribution < -0.4 is 0 Å². The first-order valence-corrected chi connectivity index (χ1v) is 4.69. The highest BCUT2D eigenvalue weighted by Crippen LogP contribution is 2.06. The van der Waals surface area contributed by atoms with Crippen molar-refractivity contribution in [2.45, 2.75) is 32.3 Å². The molecule has 0 aliphatic rings. The quantitative estimate of drug-likeness (QED) is 0.508. The summed E-state index contributed by atoms with van der Waals surface area (Å²) in [5.74, 6) is -0.0281. The van der Waals surface area contributed by atoms with Gasteiger partial charge in [0, 0.05) is 12.8 Å². The number of aliphatic hydroxyl groups is 3. The van der Waals surface area contributed by atoms with Gasteiger partial charge in [-0.25, -0.2) is 0 Å². The Kier molecular flexibility index (Phi) is 7.28. The van der Waals surface area contributed by atoms with E-state index in [9.17, 15) is 4.79 Å². The maximum absolute atomic E-state index is 11.2. The summed E-state index contributed by atoms with van der Waals surface area (Å²) >= 11 is 0. The number of carbonyl (C=O) groups is 1. The van der Waals surface area contributed by atoms with Gasteiger partial charge in [-0.05, 0) is 18.9 Å². The molecule has 0 saturated heterocycles. The topological polar surface area (TPSA) is 77.8 Å². The van der Waals surface area contributed by atoms with Crippen molar-refractivity contribution in [1.82, 2.24) is 0 Å². The van der Waals surface area contributed by atoms with Crippen molar-refractivity contribution in [1.29, 1.82) is 0 Å². The van der Waals surface area contributed by atoms with Gasteiger partial charge < -0.3 is 15.3 Å². The highest BCUT2D eigenvalue weighted by Gasteiger charge is 2.06. The number of Topliss-reactive ketones (excluding diaryl/α,β-unsaturated/α-hetero) is 1. The number of hydrogen-bond donors (Lipinski definition) is 3. The molecule has 0 aliphatic heterocycles. The van der Waals surface area contributed by atoms with Crippen LogP contribution in [0.25, 0.3) is 0 Å². The lowest BCUT2D eigenvalue weighted by atomic mass is 10.0. The summed E-state index contributed by atoms with van der Waals surface area (Å²) < 4.78 is 0. The number of ketones is 1. The van der Waals surface area contributed by atoms with Crippen molar-refractivity contribution in [3.63, 3.8) is 0 Å². The molecule has 0 aromatic carbocycles. The van der Waals surface area contributed by atoms with Crippen molar-refractivity contribution in [2.75, 3.05) is 13.2 Å². The molecule has 3 N–H and O–H groups in total. The van der Waals surface area contributed by atoms with Gasteiger partial charge in [0.1, 0.15) is 5.78 Å². The second-order valence-electron chi connectivity index (χ2n) is 3.31. The molecule has 0 aliphatic carbocycles. The summed E-state index contributed by atoms with van der Waals surface area (Å²) in [6.45, 7) is 1.25. The van der Waals surface area contributed by atoms with Gasteiger partial charge in [-0.1, -0.05) is 6.08 Å². The molecule has 4 heteroatoms. The fourth-order valence-corrected chi connectivity index (χ4v) is 1.03. The van der Waals surface area contributed by atoms with Crippen LogP contribution in [-0.4, -0.2) is 40.4 Å². The van der Waals surface area contributed by atoms with Crippen LogP contribution in [0.3, 0.4) is 0 Å². The number of hydrogen-bond acceptors (Lipinski definition) is 4. The van der Waals surface area contributed by atoms with Crippen molar-refractivity contribution < 1.29 is 20.1 Å². The zero-order valence-corrected chi connectivity index (χ0v) is 8.44. The Bertz CT molecular complexity index is 196. The smallest absolute Gasteiger partial charge is 0.137 e. The summed E-state index contributed by atoms with van der Waals surface area (Å²) in [7, 11) is 0. The van der Waals surface area contributed by atoms with Gasteiger partial charge in [0.15, 0.2) is 0 Å². The molecule has 0 spiro atoms. The molecular weight excluding hydrogens is 184 g/mol. The predicted molar refractivity (Wildman–Crippen MR) is 52.8 cm³/mol. The molecule has 0 aromatic heterocycles. The van der Waals surface area contributed by atoms with E-state index in [0.717, 1.165) is 0 Å². The van der Waals surface area contributed by atoms with E-state index >= 15 is 0 Å². The fraction of sp³-hybridized carbons (Fsp3) is 0.700. The summed E-state index contributed by atoms with van der Waals surface area (Å²) in [5.41, 5.74) is 0.531. The average Bonchev–Trinajstić information content (AvgIpc) is 2.14. The van der Waals surface area contributed by atoms with E-state index in [1.165, 1.54) is 6.08 Å². The second kappa shape index (κ2) is 7.67. The molecule has 0 aromatic rings.